The lowest BCUT2D eigenvalue weighted by Crippen LogP contribution is -2.12. The van der Waals surface area contributed by atoms with E-state index < -0.39 is 0 Å². The first-order chi connectivity index (χ1) is 7.78. The quantitative estimate of drug-likeness (QED) is 0.726. The second-order valence-electron chi connectivity index (χ2n) is 3.85. The van der Waals surface area contributed by atoms with Crippen molar-refractivity contribution in [2.24, 2.45) is 4.99 Å². The Morgan fingerprint density at radius 3 is 2.81 bits per heavy atom. The van der Waals surface area contributed by atoms with Crippen LogP contribution in [0.25, 0.3) is 0 Å². The van der Waals surface area contributed by atoms with E-state index in [2.05, 4.69) is 4.99 Å². The number of fused-ring (bicyclic) bond motifs is 2. The van der Waals surface area contributed by atoms with Crippen LogP contribution < -0.4 is 9.47 Å². The third kappa shape index (κ3) is 1.30. The zero-order chi connectivity index (χ0) is 11.1. The first-order valence-corrected chi connectivity index (χ1v) is 5.31. The fraction of sp³-hybridized carbons (Fsp3) is 0.333. The number of Topliss-reactive ketones (excluding diaryl/α,β-unsaturated/α-hetero) is 1. The Bertz CT molecular complexity index is 505. The Morgan fingerprint density at radius 1 is 1.31 bits per heavy atom. The van der Waals surface area contributed by atoms with Gasteiger partial charge in [-0.25, -0.2) is 0 Å². The number of carbonyl (C=O) groups is 1. The van der Waals surface area contributed by atoms with Crippen LogP contribution in [0.3, 0.4) is 0 Å². The number of ether oxygens (including phenoxy) is 2. The summed E-state index contributed by atoms with van der Waals surface area (Å²) in [6.07, 6.45) is 1.22. The minimum atomic E-state index is 0.111. The van der Waals surface area contributed by atoms with Gasteiger partial charge in [-0.2, -0.15) is 0 Å². The summed E-state index contributed by atoms with van der Waals surface area (Å²) in [6, 6.07) is 3.51. The van der Waals surface area contributed by atoms with Crippen LogP contribution in [0.15, 0.2) is 17.1 Å². The van der Waals surface area contributed by atoms with Crippen molar-refractivity contribution in [3.05, 3.63) is 17.7 Å². The second-order valence-corrected chi connectivity index (χ2v) is 3.85. The third-order valence-electron chi connectivity index (χ3n) is 2.84. The van der Waals surface area contributed by atoms with Gasteiger partial charge in [0.15, 0.2) is 17.3 Å². The summed E-state index contributed by atoms with van der Waals surface area (Å²) in [5.74, 6) is 1.43. The number of nitrogens with zero attached hydrogens (tertiary/aromatic N) is 1. The van der Waals surface area contributed by atoms with Crippen molar-refractivity contribution in [2.45, 2.75) is 19.8 Å². The van der Waals surface area contributed by atoms with Gasteiger partial charge in [-0.05, 0) is 12.5 Å². The van der Waals surface area contributed by atoms with Gasteiger partial charge in [-0.3, -0.25) is 9.79 Å². The molecular weight excluding hydrogens is 206 g/mol. The molecule has 0 fully saturated rings. The molecule has 0 saturated heterocycles. The number of carbonyl (C=O) groups excluding carboxylic acids is 1. The second kappa shape index (κ2) is 3.33. The summed E-state index contributed by atoms with van der Waals surface area (Å²) < 4.78 is 10.5. The summed E-state index contributed by atoms with van der Waals surface area (Å²) in [7, 11) is 0. The molecule has 4 nitrogen and oxygen atoms in total. The topological polar surface area (TPSA) is 47.9 Å². The maximum absolute atomic E-state index is 11.9. The van der Waals surface area contributed by atoms with Crippen LogP contribution in [0.2, 0.25) is 0 Å². The van der Waals surface area contributed by atoms with E-state index in [4.69, 9.17) is 9.47 Å². The minimum absolute atomic E-state index is 0.111. The van der Waals surface area contributed by atoms with Crippen LogP contribution in [-0.4, -0.2) is 18.3 Å². The van der Waals surface area contributed by atoms with Gasteiger partial charge in [-0.1, -0.05) is 6.92 Å². The van der Waals surface area contributed by atoms with E-state index >= 15 is 0 Å². The zero-order valence-corrected chi connectivity index (χ0v) is 8.95. The van der Waals surface area contributed by atoms with Crippen molar-refractivity contribution >= 4 is 17.2 Å². The zero-order valence-electron chi connectivity index (χ0n) is 8.95. The normalized spacial score (nSPS) is 17.1. The van der Waals surface area contributed by atoms with E-state index in [0.717, 1.165) is 12.1 Å². The Balaban J connectivity index is 2.16. The Morgan fingerprint density at radius 2 is 2.06 bits per heavy atom. The molecule has 2 aliphatic heterocycles. The highest BCUT2D eigenvalue weighted by Crippen LogP contribution is 2.40. The summed E-state index contributed by atoms with van der Waals surface area (Å²) in [6.45, 7) is 2.22. The number of ketones is 1. The highest BCUT2D eigenvalue weighted by Gasteiger charge is 2.24. The van der Waals surface area contributed by atoms with E-state index in [9.17, 15) is 4.79 Å². The molecule has 16 heavy (non-hydrogen) atoms. The lowest BCUT2D eigenvalue weighted by atomic mass is 9.98. The molecule has 0 N–H and O–H groups in total. The Kier molecular flexibility index (Phi) is 1.96. The predicted molar refractivity (Wildman–Crippen MR) is 58.9 cm³/mol. The van der Waals surface area contributed by atoms with Crippen molar-refractivity contribution in [3.8, 4) is 11.5 Å². The molecular formula is C12H11NO3. The lowest BCUT2D eigenvalue weighted by Gasteiger charge is -2.13. The van der Waals surface area contributed by atoms with Crippen molar-refractivity contribution in [3.63, 3.8) is 0 Å². The Hall–Kier alpha value is -1.84. The van der Waals surface area contributed by atoms with Crippen LogP contribution in [0.5, 0.6) is 11.5 Å². The van der Waals surface area contributed by atoms with Crippen molar-refractivity contribution < 1.29 is 14.3 Å². The van der Waals surface area contributed by atoms with Gasteiger partial charge in [0, 0.05) is 23.8 Å². The largest absolute Gasteiger partial charge is 0.454 e. The van der Waals surface area contributed by atoms with E-state index in [-0.39, 0.29) is 12.6 Å². The van der Waals surface area contributed by atoms with Gasteiger partial charge in [0.05, 0.1) is 5.69 Å². The van der Waals surface area contributed by atoms with Crippen molar-refractivity contribution in [2.75, 3.05) is 6.79 Å². The summed E-state index contributed by atoms with van der Waals surface area (Å²) in [4.78, 5) is 16.3. The number of hydrogen-bond acceptors (Lipinski definition) is 4. The lowest BCUT2D eigenvalue weighted by molar-refractivity contribution is 0.0999. The molecule has 0 aliphatic carbocycles. The molecule has 2 aliphatic rings. The van der Waals surface area contributed by atoms with Crippen molar-refractivity contribution in [1.29, 1.82) is 0 Å². The number of hydrogen-bond donors (Lipinski definition) is 0. The monoisotopic (exact) mass is 217 g/mol. The molecule has 0 radical (unpaired) electrons. The van der Waals surface area contributed by atoms with Gasteiger partial charge in [0.25, 0.3) is 0 Å². The van der Waals surface area contributed by atoms with Crippen molar-refractivity contribution in [1.82, 2.24) is 0 Å². The number of aliphatic imine (C=N–C) groups is 1. The maximum Gasteiger partial charge on any atom is 0.231 e. The molecule has 0 saturated carbocycles. The van der Waals surface area contributed by atoms with Gasteiger partial charge >= 0.3 is 0 Å². The van der Waals surface area contributed by atoms with Gasteiger partial charge in [0.2, 0.25) is 6.79 Å². The molecule has 0 aromatic heterocycles. The number of rotatable bonds is 1. The molecule has 1 aromatic carbocycles. The molecule has 1 aromatic rings. The van der Waals surface area contributed by atoms with Crippen LogP contribution in [0.4, 0.5) is 5.69 Å². The van der Waals surface area contributed by atoms with E-state index in [0.29, 0.717) is 29.2 Å². The molecule has 0 amide bonds. The SMILES string of the molecule is CCC1=Nc2cc3c(cc2C(=O)C1)OCO3. The first-order valence-electron chi connectivity index (χ1n) is 5.31. The average molecular weight is 217 g/mol. The molecule has 0 spiro atoms. The molecule has 4 heteroatoms. The van der Waals surface area contributed by atoms with Gasteiger partial charge in [-0.15, -0.1) is 0 Å². The average Bonchev–Trinajstić information content (AvgIpc) is 2.73. The maximum atomic E-state index is 11.9. The van der Waals surface area contributed by atoms with Crippen LogP contribution >= 0.6 is 0 Å². The minimum Gasteiger partial charge on any atom is -0.454 e. The standard InChI is InChI=1S/C12H11NO3/c1-2-7-3-10(14)8-4-11-12(16-6-15-11)5-9(8)13-7/h4-5H,2-3,6H2,1H3. The predicted octanol–water partition coefficient (Wildman–Crippen LogP) is 2.48. The highest BCUT2D eigenvalue weighted by atomic mass is 16.7. The van der Waals surface area contributed by atoms with Crippen LogP contribution in [0.1, 0.15) is 30.1 Å². The smallest absolute Gasteiger partial charge is 0.231 e. The molecule has 0 unspecified atom stereocenters. The van der Waals surface area contributed by atoms with Crippen LogP contribution in [-0.2, 0) is 0 Å². The van der Waals surface area contributed by atoms with E-state index in [1.165, 1.54) is 0 Å². The summed E-state index contributed by atoms with van der Waals surface area (Å²) in [5, 5.41) is 0. The summed E-state index contributed by atoms with van der Waals surface area (Å²) in [5.41, 5.74) is 2.27. The van der Waals surface area contributed by atoms with Crippen LogP contribution in [0, 0.1) is 0 Å². The number of benzene rings is 1. The van der Waals surface area contributed by atoms with E-state index in [1.807, 2.05) is 6.92 Å². The first kappa shape index (κ1) is 9.39. The molecule has 0 atom stereocenters. The fourth-order valence-electron chi connectivity index (χ4n) is 1.94. The molecule has 3 rings (SSSR count). The fourth-order valence-corrected chi connectivity index (χ4v) is 1.94. The Labute approximate surface area is 92.9 Å². The van der Waals surface area contributed by atoms with Gasteiger partial charge < -0.3 is 9.47 Å². The van der Waals surface area contributed by atoms with E-state index in [1.54, 1.807) is 12.1 Å². The van der Waals surface area contributed by atoms with Gasteiger partial charge in [0.1, 0.15) is 0 Å². The third-order valence-corrected chi connectivity index (χ3v) is 2.84. The molecule has 82 valence electrons. The highest BCUT2D eigenvalue weighted by molar-refractivity contribution is 6.16. The molecule has 2 heterocycles. The summed E-state index contributed by atoms with van der Waals surface area (Å²) >= 11 is 0. The molecule has 0 bridgehead atoms.